The summed E-state index contributed by atoms with van der Waals surface area (Å²) in [5, 5.41) is 9.93. The maximum absolute atomic E-state index is 11.9. The van der Waals surface area contributed by atoms with Gasteiger partial charge in [-0.3, -0.25) is 18.5 Å². The highest BCUT2D eigenvalue weighted by atomic mass is 79.9. The van der Waals surface area contributed by atoms with Gasteiger partial charge in [0.15, 0.2) is 0 Å². The van der Waals surface area contributed by atoms with Crippen LogP contribution in [0.1, 0.15) is 18.2 Å². The predicted octanol–water partition coefficient (Wildman–Crippen LogP) is -0.473. The van der Waals surface area contributed by atoms with Gasteiger partial charge in [0.1, 0.15) is 12.3 Å². The second kappa shape index (κ2) is 7.09. The predicted molar refractivity (Wildman–Crippen MR) is 84.6 cm³/mol. The fourth-order valence-electron chi connectivity index (χ4n) is 2.13. The molecule has 1 aliphatic rings. The summed E-state index contributed by atoms with van der Waals surface area (Å²) in [6.45, 7) is -0.358. The summed E-state index contributed by atoms with van der Waals surface area (Å²) in [4.78, 5) is 27.1. The van der Waals surface area contributed by atoms with Crippen LogP contribution >= 0.6 is 15.9 Å². The Morgan fingerprint density at radius 1 is 1.57 bits per heavy atom. The zero-order valence-electron chi connectivity index (χ0n) is 12.0. The van der Waals surface area contributed by atoms with Gasteiger partial charge in [-0.15, -0.1) is 0 Å². The van der Waals surface area contributed by atoms with Crippen LogP contribution < -0.4 is 11.2 Å². The lowest BCUT2D eigenvalue weighted by atomic mass is 10.2. The Morgan fingerprint density at radius 3 is 2.87 bits per heavy atom. The zero-order valence-corrected chi connectivity index (χ0v) is 14.4. The van der Waals surface area contributed by atoms with Crippen LogP contribution in [-0.4, -0.2) is 48.1 Å². The third-order valence-corrected chi connectivity index (χ3v) is 4.03. The fraction of sp³-hybridized carbons (Fsp3) is 0.500. The van der Waals surface area contributed by atoms with Crippen LogP contribution in [0.25, 0.3) is 6.08 Å². The van der Waals surface area contributed by atoms with E-state index in [2.05, 4.69) is 25.1 Å². The third kappa shape index (κ3) is 4.61. The molecule has 3 atom stereocenters. The highest BCUT2D eigenvalue weighted by Crippen LogP contribution is 2.28. The molecule has 23 heavy (non-hydrogen) atoms. The molecule has 0 spiro atoms. The molecule has 0 aromatic carbocycles. The summed E-state index contributed by atoms with van der Waals surface area (Å²) >= 11 is 3.04. The van der Waals surface area contributed by atoms with Gasteiger partial charge in [0, 0.05) is 12.6 Å². The van der Waals surface area contributed by atoms with Gasteiger partial charge >= 0.3 is 5.69 Å². The highest BCUT2D eigenvalue weighted by Gasteiger charge is 2.36. The number of nitrogens with zero attached hydrogens (tertiary/aromatic N) is 1. The van der Waals surface area contributed by atoms with E-state index < -0.39 is 39.8 Å². The number of aromatic nitrogens is 2. The third-order valence-electron chi connectivity index (χ3n) is 3.20. The number of halogens is 1. The van der Waals surface area contributed by atoms with Crippen LogP contribution in [0.4, 0.5) is 0 Å². The standard InChI is InChI=1S/C12H15BrN2O7S/c1-23(19,20)21-6-9-8(16)4-10(22-9)15-5-7(2-3-13)11(17)14-12(15)18/h2-3,5,8-10,16H,4,6H2,1H3,(H,14,17,18)/t8-,9+,10+/m0/s1. The van der Waals surface area contributed by atoms with E-state index >= 15 is 0 Å². The highest BCUT2D eigenvalue weighted by molar-refractivity contribution is 9.11. The average molecular weight is 411 g/mol. The monoisotopic (exact) mass is 410 g/mol. The molecule has 9 nitrogen and oxygen atoms in total. The quantitative estimate of drug-likeness (QED) is 0.627. The van der Waals surface area contributed by atoms with E-state index in [9.17, 15) is 23.1 Å². The number of aliphatic hydroxyl groups excluding tert-OH is 1. The minimum Gasteiger partial charge on any atom is -0.390 e. The van der Waals surface area contributed by atoms with E-state index in [4.69, 9.17) is 4.74 Å². The van der Waals surface area contributed by atoms with E-state index in [1.54, 1.807) is 0 Å². The molecule has 1 aromatic rings. The van der Waals surface area contributed by atoms with Crippen LogP contribution in [0.5, 0.6) is 0 Å². The maximum atomic E-state index is 11.9. The van der Waals surface area contributed by atoms with Crippen LogP contribution in [0.3, 0.4) is 0 Å². The van der Waals surface area contributed by atoms with E-state index in [1.807, 2.05) is 0 Å². The summed E-state index contributed by atoms with van der Waals surface area (Å²) < 4.78 is 33.2. The normalized spacial score (nSPS) is 25.3. The van der Waals surface area contributed by atoms with Crippen molar-refractivity contribution in [3.8, 4) is 0 Å². The van der Waals surface area contributed by atoms with Gasteiger partial charge < -0.3 is 9.84 Å². The second-order valence-corrected chi connectivity index (χ2v) is 7.14. The smallest absolute Gasteiger partial charge is 0.330 e. The minimum absolute atomic E-state index is 0.0568. The molecule has 1 saturated heterocycles. The summed E-state index contributed by atoms with van der Waals surface area (Å²) in [5.41, 5.74) is -1.03. The molecule has 11 heteroatoms. The SMILES string of the molecule is CS(=O)(=O)OC[C@H]1O[C@@H](n2cc(C=CBr)c(=O)[nH]c2=O)C[C@@H]1O. The van der Waals surface area contributed by atoms with Crippen molar-refractivity contribution in [2.24, 2.45) is 0 Å². The maximum Gasteiger partial charge on any atom is 0.330 e. The van der Waals surface area contributed by atoms with Crippen molar-refractivity contribution >= 4 is 32.1 Å². The summed E-state index contributed by atoms with van der Waals surface area (Å²) in [7, 11) is -3.67. The van der Waals surface area contributed by atoms with Crippen molar-refractivity contribution in [3.05, 3.63) is 37.6 Å². The van der Waals surface area contributed by atoms with Gasteiger partial charge in [-0.2, -0.15) is 8.42 Å². The molecule has 1 aromatic heterocycles. The number of hydrogen-bond acceptors (Lipinski definition) is 7. The Bertz CT molecular complexity index is 813. The van der Waals surface area contributed by atoms with Gasteiger partial charge in [0.2, 0.25) is 0 Å². The largest absolute Gasteiger partial charge is 0.390 e. The van der Waals surface area contributed by atoms with Gasteiger partial charge in [0.05, 0.1) is 24.5 Å². The van der Waals surface area contributed by atoms with Crippen molar-refractivity contribution in [2.45, 2.75) is 24.9 Å². The van der Waals surface area contributed by atoms with Crippen molar-refractivity contribution in [1.29, 1.82) is 0 Å². The van der Waals surface area contributed by atoms with E-state index in [-0.39, 0.29) is 18.6 Å². The lowest BCUT2D eigenvalue weighted by molar-refractivity contribution is -0.0398. The van der Waals surface area contributed by atoms with Crippen molar-refractivity contribution < 1.29 is 22.4 Å². The Hall–Kier alpha value is -1.27. The van der Waals surface area contributed by atoms with Crippen LogP contribution in [0.15, 0.2) is 20.8 Å². The van der Waals surface area contributed by atoms with Gasteiger partial charge in [-0.1, -0.05) is 15.9 Å². The number of nitrogens with one attached hydrogen (secondary N) is 1. The number of ether oxygens (including phenoxy) is 1. The van der Waals surface area contributed by atoms with Gasteiger partial charge in [-0.05, 0) is 11.1 Å². The molecule has 128 valence electrons. The van der Waals surface area contributed by atoms with Crippen LogP contribution in [-0.2, 0) is 19.0 Å². The molecule has 0 radical (unpaired) electrons. The Kier molecular flexibility index (Phi) is 5.57. The van der Waals surface area contributed by atoms with Crippen molar-refractivity contribution in [2.75, 3.05) is 12.9 Å². The lowest BCUT2D eigenvalue weighted by Gasteiger charge is -2.15. The molecule has 2 heterocycles. The van der Waals surface area contributed by atoms with Crippen LogP contribution in [0, 0.1) is 0 Å². The number of rotatable bonds is 5. The zero-order chi connectivity index (χ0) is 17.2. The summed E-state index contributed by atoms with van der Waals surface area (Å²) in [5.74, 6) is 0. The average Bonchev–Trinajstić information content (AvgIpc) is 2.80. The number of H-pyrrole nitrogens is 1. The van der Waals surface area contributed by atoms with Gasteiger partial charge in [-0.25, -0.2) is 4.79 Å². The summed E-state index contributed by atoms with van der Waals surface area (Å²) in [6.07, 6.45) is 0.947. The lowest BCUT2D eigenvalue weighted by Crippen LogP contribution is -2.33. The number of aromatic amines is 1. The molecular weight excluding hydrogens is 396 g/mol. The Morgan fingerprint density at radius 2 is 2.26 bits per heavy atom. The molecule has 0 amide bonds. The molecule has 0 aliphatic carbocycles. The second-order valence-electron chi connectivity index (χ2n) is 4.96. The molecule has 1 fully saturated rings. The fourth-order valence-corrected chi connectivity index (χ4v) is 2.79. The number of aliphatic hydroxyl groups is 1. The van der Waals surface area contributed by atoms with Gasteiger partial charge in [0.25, 0.3) is 15.7 Å². The molecular formula is C12H15BrN2O7S. The minimum atomic E-state index is -3.67. The van der Waals surface area contributed by atoms with E-state index in [0.29, 0.717) is 0 Å². The molecule has 1 aliphatic heterocycles. The number of hydrogen-bond donors (Lipinski definition) is 2. The molecule has 0 saturated carbocycles. The Labute approximate surface area is 139 Å². The topological polar surface area (TPSA) is 128 Å². The first kappa shape index (κ1) is 18.1. The van der Waals surface area contributed by atoms with E-state index in [1.165, 1.54) is 17.3 Å². The van der Waals surface area contributed by atoms with E-state index in [0.717, 1.165) is 10.8 Å². The summed E-state index contributed by atoms with van der Waals surface area (Å²) in [6, 6.07) is 0. The van der Waals surface area contributed by atoms with Crippen molar-refractivity contribution in [1.82, 2.24) is 9.55 Å². The Balaban J connectivity index is 2.22. The molecule has 2 N–H and O–H groups in total. The first-order valence-electron chi connectivity index (χ1n) is 6.51. The molecule has 0 unspecified atom stereocenters. The van der Waals surface area contributed by atoms with Crippen LogP contribution in [0.2, 0.25) is 0 Å². The van der Waals surface area contributed by atoms with Crippen molar-refractivity contribution in [3.63, 3.8) is 0 Å². The molecule has 0 bridgehead atoms. The first-order valence-corrected chi connectivity index (χ1v) is 9.24. The molecule has 2 rings (SSSR count). The first-order chi connectivity index (χ1) is 10.7.